The van der Waals surface area contributed by atoms with Gasteiger partial charge in [0.05, 0.1) is 85.2 Å². The van der Waals surface area contributed by atoms with Crippen molar-refractivity contribution in [1.82, 2.24) is 55.4 Å². The standard InChI is InChI=1S/C55H70ClN13O10S/c1-33(35-8-10-37(11-9-35)48-34(2)59-32-80-48)60-51(73)44-26-40(70)28-69(44)53(75)49(55(3,4)5)62-47(72)30-78-23-22-77-21-20-76-19-18-68-29-42(64-65-68)36-14-16-67(17-15-36)54-58-27-41(56)50(63-54)61-39-12-13-43-38(24-39)25-45(52(74)66(43)7)79-31-46(71)57-6/h8-13,24-25,27,29,32-33,36,40,44,49,70H,14-23,26,28,30-31H2,1-7H3,(H,57,71)(H,60,73)(H,62,72)(H,58,61,63)/t33-,40+,44-,49+/m0/s1. The van der Waals surface area contributed by atoms with Crippen LogP contribution in [0.4, 0.5) is 17.5 Å². The number of fused-ring (bicyclic) bond motifs is 1. The minimum Gasteiger partial charge on any atom is -0.478 e. The summed E-state index contributed by atoms with van der Waals surface area (Å²) in [7, 11) is 3.14. The number of likely N-dealkylation sites (tertiary alicyclic amines) is 1. The van der Waals surface area contributed by atoms with Crippen molar-refractivity contribution in [3.8, 4) is 16.2 Å². The van der Waals surface area contributed by atoms with Crippen LogP contribution in [-0.4, -0.2) is 159 Å². The van der Waals surface area contributed by atoms with Gasteiger partial charge in [0.1, 0.15) is 23.7 Å². The molecule has 0 saturated carbocycles. The molecule has 0 aliphatic carbocycles. The number of anilines is 3. The molecule has 6 aromatic rings. The Morgan fingerprint density at radius 1 is 0.925 bits per heavy atom. The molecule has 428 valence electrons. The Hall–Kier alpha value is -7.09. The number of ether oxygens (including phenoxy) is 4. The van der Waals surface area contributed by atoms with Gasteiger partial charge in [-0.15, -0.1) is 16.4 Å². The second-order valence-electron chi connectivity index (χ2n) is 20.9. The average Bonchev–Trinajstić information content (AvgIpc) is 4.27. The largest absolute Gasteiger partial charge is 0.478 e. The Balaban J connectivity index is 0.705. The lowest BCUT2D eigenvalue weighted by Gasteiger charge is -2.35. The van der Waals surface area contributed by atoms with E-state index in [1.54, 1.807) is 35.3 Å². The monoisotopic (exact) mass is 1140 g/mol. The second kappa shape index (κ2) is 26.9. The van der Waals surface area contributed by atoms with Crippen LogP contribution in [0.2, 0.25) is 5.02 Å². The average molecular weight is 1140 g/mol. The van der Waals surface area contributed by atoms with Crippen LogP contribution in [0.1, 0.15) is 75.9 Å². The quantitative estimate of drug-likeness (QED) is 0.0515. The number of hydrogen-bond donors (Lipinski definition) is 5. The molecule has 25 heteroatoms. The highest BCUT2D eigenvalue weighted by Gasteiger charge is 2.45. The van der Waals surface area contributed by atoms with Gasteiger partial charge in [-0.25, -0.2) is 14.6 Å². The second-order valence-corrected chi connectivity index (χ2v) is 22.2. The van der Waals surface area contributed by atoms with Gasteiger partial charge >= 0.3 is 0 Å². The van der Waals surface area contributed by atoms with Crippen molar-refractivity contribution in [1.29, 1.82) is 0 Å². The predicted molar refractivity (Wildman–Crippen MR) is 302 cm³/mol. The van der Waals surface area contributed by atoms with Crippen molar-refractivity contribution >= 4 is 74.9 Å². The van der Waals surface area contributed by atoms with E-state index >= 15 is 0 Å². The van der Waals surface area contributed by atoms with E-state index in [-0.39, 0.29) is 74.5 Å². The molecule has 2 aliphatic heterocycles. The highest BCUT2D eigenvalue weighted by molar-refractivity contribution is 7.13. The predicted octanol–water partition coefficient (Wildman–Crippen LogP) is 4.68. The van der Waals surface area contributed by atoms with Gasteiger partial charge in [-0.3, -0.25) is 24.0 Å². The number of piperidine rings is 1. The van der Waals surface area contributed by atoms with E-state index in [2.05, 4.69) is 46.4 Å². The van der Waals surface area contributed by atoms with Crippen molar-refractivity contribution in [2.24, 2.45) is 12.5 Å². The van der Waals surface area contributed by atoms with E-state index in [1.807, 2.05) is 88.8 Å². The Morgan fingerprint density at radius 3 is 2.35 bits per heavy atom. The fourth-order valence-electron chi connectivity index (χ4n) is 9.55. The number of β-amino-alcohol motifs (C(OH)–C–C–N with tert-alkyl or cyclic N) is 1. The number of rotatable bonds is 24. The zero-order valence-electron chi connectivity index (χ0n) is 46.1. The number of aromatic nitrogens is 7. The van der Waals surface area contributed by atoms with Gasteiger partial charge in [0.2, 0.25) is 23.7 Å². The summed E-state index contributed by atoms with van der Waals surface area (Å²) in [5, 5.41) is 32.1. The number of likely N-dealkylation sites (N-methyl/N-ethyl adjacent to an activating group) is 1. The number of nitrogens with zero attached hydrogens (tertiary/aromatic N) is 9. The van der Waals surface area contributed by atoms with Gasteiger partial charge in [0.25, 0.3) is 11.5 Å². The van der Waals surface area contributed by atoms with E-state index in [0.29, 0.717) is 72.8 Å². The third-order valence-electron chi connectivity index (χ3n) is 14.1. The zero-order chi connectivity index (χ0) is 57.1. The van der Waals surface area contributed by atoms with Crippen molar-refractivity contribution in [2.45, 2.75) is 90.6 Å². The Bertz CT molecular complexity index is 3180. The summed E-state index contributed by atoms with van der Waals surface area (Å²) in [6, 6.07) is 12.7. The van der Waals surface area contributed by atoms with Crippen molar-refractivity contribution in [3.05, 3.63) is 98.8 Å². The lowest BCUT2D eigenvalue weighted by atomic mass is 9.85. The summed E-state index contributed by atoms with van der Waals surface area (Å²) in [5.74, 6) is -0.454. The number of aliphatic hydroxyl groups is 1. The van der Waals surface area contributed by atoms with Gasteiger partial charge in [-0.05, 0) is 67.5 Å². The van der Waals surface area contributed by atoms with Crippen LogP contribution < -0.4 is 36.5 Å². The molecular formula is C55H70ClN13O10S. The van der Waals surface area contributed by atoms with Crippen LogP contribution in [0, 0.1) is 12.3 Å². The maximum atomic E-state index is 14.1. The molecule has 4 aromatic heterocycles. The van der Waals surface area contributed by atoms with Gasteiger partial charge in [0, 0.05) is 63.3 Å². The van der Waals surface area contributed by atoms with Crippen LogP contribution in [0.3, 0.4) is 0 Å². The highest BCUT2D eigenvalue weighted by atomic mass is 35.5. The first-order valence-corrected chi connectivity index (χ1v) is 27.9. The van der Waals surface area contributed by atoms with Gasteiger partial charge in [0.15, 0.2) is 18.2 Å². The molecule has 0 spiro atoms. The normalized spacial score (nSPS) is 16.6. The van der Waals surface area contributed by atoms with Crippen LogP contribution in [0.15, 0.2) is 71.2 Å². The van der Waals surface area contributed by atoms with E-state index in [4.69, 9.17) is 35.5 Å². The molecule has 80 heavy (non-hydrogen) atoms. The minimum absolute atomic E-state index is 0.0321. The van der Waals surface area contributed by atoms with Crippen molar-refractivity contribution in [3.63, 3.8) is 0 Å². The summed E-state index contributed by atoms with van der Waals surface area (Å²) in [6.07, 6.45) is 4.35. The van der Waals surface area contributed by atoms with Crippen LogP contribution >= 0.6 is 22.9 Å². The smallest absolute Gasteiger partial charge is 0.293 e. The van der Waals surface area contributed by atoms with Crippen LogP contribution in [0.25, 0.3) is 21.3 Å². The number of aryl methyl sites for hydroxylation is 2. The van der Waals surface area contributed by atoms with Crippen molar-refractivity contribution < 1.29 is 43.2 Å². The fraction of sp³-hybridized carbons (Fsp3) is 0.491. The molecule has 2 saturated heterocycles. The zero-order valence-corrected chi connectivity index (χ0v) is 47.6. The molecule has 2 aliphatic rings. The fourth-order valence-corrected chi connectivity index (χ4v) is 10.5. The number of carbonyl (C=O) groups is 4. The first-order chi connectivity index (χ1) is 38.4. The molecule has 5 N–H and O–H groups in total. The van der Waals surface area contributed by atoms with Gasteiger partial charge in [-0.2, -0.15) is 4.98 Å². The van der Waals surface area contributed by atoms with Crippen LogP contribution in [0.5, 0.6) is 5.75 Å². The molecule has 8 rings (SSSR count). The molecule has 23 nitrogen and oxygen atoms in total. The van der Waals surface area contributed by atoms with E-state index in [9.17, 15) is 29.1 Å². The third kappa shape index (κ3) is 15.0. The number of thiazole rings is 1. The van der Waals surface area contributed by atoms with Crippen molar-refractivity contribution in [2.75, 3.05) is 83.1 Å². The third-order valence-corrected chi connectivity index (χ3v) is 15.3. The SMILES string of the molecule is CNC(=O)COc1cc2cc(Nc3nc(N4CCC(c5cn(CCOCCOCCOCC(=O)N[C@H](C(=O)N6C[C@H](O)C[C@H]6C(=O)N[C@@H](C)c6ccc(-c7scnc7C)cc6)C(C)(C)C)nn5)CC4)ncc3Cl)ccc2n(C)c1=O. The minimum atomic E-state index is -0.986. The first kappa shape index (κ1) is 59.0. The lowest BCUT2D eigenvalue weighted by molar-refractivity contribution is -0.144. The van der Waals surface area contributed by atoms with Crippen LogP contribution in [-0.2, 0) is 47.0 Å². The summed E-state index contributed by atoms with van der Waals surface area (Å²) in [5.41, 5.74) is 5.89. The van der Waals surface area contributed by atoms with Gasteiger partial charge in [-0.1, -0.05) is 61.9 Å². The molecular weight excluding hydrogens is 1070 g/mol. The lowest BCUT2D eigenvalue weighted by Crippen LogP contribution is -2.58. The highest BCUT2D eigenvalue weighted by Crippen LogP contribution is 2.33. The summed E-state index contributed by atoms with van der Waals surface area (Å²) < 4.78 is 25.7. The Kier molecular flexibility index (Phi) is 19.9. The molecule has 0 bridgehead atoms. The molecule has 4 amide bonds. The summed E-state index contributed by atoms with van der Waals surface area (Å²) >= 11 is 8.13. The summed E-state index contributed by atoms with van der Waals surface area (Å²) in [4.78, 5) is 83.6. The van der Waals surface area contributed by atoms with E-state index in [0.717, 1.165) is 40.2 Å². The Labute approximate surface area is 472 Å². The number of halogens is 1. The molecule has 0 unspecified atom stereocenters. The number of nitrogens with one attached hydrogen (secondary N) is 4. The number of pyridine rings is 1. The molecule has 4 atom stereocenters. The number of hydrogen-bond acceptors (Lipinski definition) is 18. The number of aliphatic hydroxyl groups excluding tert-OH is 1. The molecule has 2 aromatic carbocycles. The maximum Gasteiger partial charge on any atom is 0.293 e. The van der Waals surface area contributed by atoms with E-state index in [1.165, 1.54) is 16.5 Å². The maximum absolute atomic E-state index is 14.1. The summed E-state index contributed by atoms with van der Waals surface area (Å²) in [6.45, 7) is 12.0. The molecule has 6 heterocycles. The Morgan fingerprint density at radius 2 is 1.65 bits per heavy atom. The first-order valence-electron chi connectivity index (χ1n) is 26.6. The van der Waals surface area contributed by atoms with Gasteiger partial charge < -0.3 is 59.7 Å². The molecule has 0 radical (unpaired) electrons. The number of carbonyl (C=O) groups excluding carboxylic acids is 4. The molecule has 2 fully saturated rings. The number of amides is 4. The number of benzene rings is 2. The van der Waals surface area contributed by atoms with E-state index < -0.39 is 35.4 Å². The topological polar surface area (TPSA) is 271 Å².